The zero-order valence-electron chi connectivity index (χ0n) is 12.2. The van der Waals surface area contributed by atoms with Gasteiger partial charge < -0.3 is 9.64 Å². The minimum Gasteiger partial charge on any atom is -0.475 e. The van der Waals surface area contributed by atoms with Crippen molar-refractivity contribution in [3.8, 4) is 5.88 Å². The number of halogens is 1. The van der Waals surface area contributed by atoms with Crippen LogP contribution < -0.4 is 4.74 Å². The molecule has 0 aliphatic carbocycles. The van der Waals surface area contributed by atoms with Gasteiger partial charge in [-0.15, -0.1) is 10.2 Å². The highest BCUT2D eigenvalue weighted by molar-refractivity contribution is 6.31. The minimum absolute atomic E-state index is 0.530. The zero-order chi connectivity index (χ0) is 15.1. The summed E-state index contributed by atoms with van der Waals surface area (Å²) in [6, 6.07) is 5.56. The lowest BCUT2D eigenvalue weighted by atomic mass is 10.1. The Morgan fingerprint density at radius 1 is 1.41 bits per heavy atom. The molecular weight excluding hydrogens is 302 g/mol. The van der Waals surface area contributed by atoms with Gasteiger partial charge in [-0.2, -0.15) is 0 Å². The monoisotopic (exact) mass is 317 g/mol. The molecule has 22 heavy (non-hydrogen) atoms. The van der Waals surface area contributed by atoms with Crippen molar-refractivity contribution < 1.29 is 4.74 Å². The standard InChI is InChI=1S/C15H16ClN5O/c1-20-5-4-10(7-20)8-22-15-14-19-17-9-21(14)13-6-11(16)2-3-12(13)18-15/h2-3,6,9-10H,4-5,7-8H2,1H3/t10-/m0/s1. The van der Waals surface area contributed by atoms with Crippen molar-refractivity contribution in [3.05, 3.63) is 29.5 Å². The minimum atomic E-state index is 0.530. The van der Waals surface area contributed by atoms with E-state index in [9.17, 15) is 0 Å². The Bertz CT molecular complexity index is 833. The molecular formula is C15H16ClN5O. The number of ether oxygens (including phenoxy) is 1. The average Bonchev–Trinajstić information content (AvgIpc) is 3.14. The number of nitrogens with zero attached hydrogens (tertiary/aromatic N) is 5. The number of rotatable bonds is 3. The Labute approximate surface area is 132 Å². The van der Waals surface area contributed by atoms with Gasteiger partial charge in [-0.3, -0.25) is 4.40 Å². The van der Waals surface area contributed by atoms with Crippen LogP contribution in [0.25, 0.3) is 16.7 Å². The Balaban J connectivity index is 1.70. The third-order valence-electron chi connectivity index (χ3n) is 4.10. The molecule has 0 spiro atoms. The van der Waals surface area contributed by atoms with Gasteiger partial charge in [0, 0.05) is 17.5 Å². The molecule has 0 bridgehead atoms. The predicted molar refractivity (Wildman–Crippen MR) is 84.4 cm³/mol. The molecule has 1 saturated heterocycles. The van der Waals surface area contributed by atoms with Crippen molar-refractivity contribution in [2.24, 2.45) is 5.92 Å². The summed E-state index contributed by atoms with van der Waals surface area (Å²) in [5, 5.41) is 8.77. The smallest absolute Gasteiger partial charge is 0.260 e. The second kappa shape index (κ2) is 5.37. The van der Waals surface area contributed by atoms with Gasteiger partial charge in [0.25, 0.3) is 5.88 Å². The number of aromatic nitrogens is 4. The maximum absolute atomic E-state index is 6.07. The molecule has 3 heterocycles. The van der Waals surface area contributed by atoms with Crippen LogP contribution in [0, 0.1) is 5.92 Å². The molecule has 1 aliphatic rings. The molecule has 6 nitrogen and oxygen atoms in total. The van der Waals surface area contributed by atoms with Crippen LogP contribution in [0.1, 0.15) is 6.42 Å². The van der Waals surface area contributed by atoms with Crippen LogP contribution >= 0.6 is 11.6 Å². The van der Waals surface area contributed by atoms with Crippen LogP contribution in [0.4, 0.5) is 0 Å². The molecule has 1 aromatic carbocycles. The quantitative estimate of drug-likeness (QED) is 0.741. The Morgan fingerprint density at radius 3 is 3.14 bits per heavy atom. The highest BCUT2D eigenvalue weighted by atomic mass is 35.5. The SMILES string of the molecule is CN1CC[C@H](COc2nc3ccc(Cl)cc3n3cnnc23)C1. The van der Waals surface area contributed by atoms with Crippen molar-refractivity contribution >= 4 is 28.3 Å². The highest BCUT2D eigenvalue weighted by Crippen LogP contribution is 2.25. The van der Waals surface area contributed by atoms with Gasteiger partial charge in [-0.05, 0) is 38.2 Å². The number of likely N-dealkylation sites (tertiary alicyclic amines) is 1. The largest absolute Gasteiger partial charge is 0.475 e. The molecule has 1 fully saturated rings. The summed E-state index contributed by atoms with van der Waals surface area (Å²) in [7, 11) is 2.13. The third-order valence-corrected chi connectivity index (χ3v) is 4.34. The fraction of sp³-hybridized carbons (Fsp3) is 0.400. The van der Waals surface area contributed by atoms with E-state index < -0.39 is 0 Å². The normalized spacial score (nSPS) is 19.3. The van der Waals surface area contributed by atoms with E-state index >= 15 is 0 Å². The van der Waals surface area contributed by atoms with E-state index in [0.29, 0.717) is 29.1 Å². The Hall–Kier alpha value is -1.92. The molecule has 1 atom stereocenters. The Morgan fingerprint density at radius 2 is 2.32 bits per heavy atom. The lowest BCUT2D eigenvalue weighted by molar-refractivity contribution is 0.243. The maximum atomic E-state index is 6.07. The molecule has 7 heteroatoms. The van der Waals surface area contributed by atoms with Gasteiger partial charge in [0.2, 0.25) is 5.65 Å². The van der Waals surface area contributed by atoms with Crippen molar-refractivity contribution in [2.45, 2.75) is 6.42 Å². The van der Waals surface area contributed by atoms with Crippen LogP contribution in [0.2, 0.25) is 5.02 Å². The number of benzene rings is 1. The second-order valence-corrected chi connectivity index (χ2v) is 6.24. The van der Waals surface area contributed by atoms with Crippen LogP contribution in [-0.2, 0) is 0 Å². The lowest BCUT2D eigenvalue weighted by Gasteiger charge is -2.12. The molecule has 0 radical (unpaired) electrons. The van der Waals surface area contributed by atoms with E-state index in [1.165, 1.54) is 0 Å². The van der Waals surface area contributed by atoms with E-state index in [0.717, 1.165) is 30.5 Å². The van der Waals surface area contributed by atoms with Gasteiger partial charge in [-0.1, -0.05) is 11.6 Å². The van der Waals surface area contributed by atoms with Crippen molar-refractivity contribution in [3.63, 3.8) is 0 Å². The van der Waals surface area contributed by atoms with Crippen molar-refractivity contribution in [2.75, 3.05) is 26.7 Å². The summed E-state index contributed by atoms with van der Waals surface area (Å²) < 4.78 is 7.82. The summed E-state index contributed by atoms with van der Waals surface area (Å²) in [5.74, 6) is 1.07. The van der Waals surface area contributed by atoms with Crippen LogP contribution in [0.15, 0.2) is 24.5 Å². The fourth-order valence-electron chi connectivity index (χ4n) is 2.96. The fourth-order valence-corrected chi connectivity index (χ4v) is 3.12. The summed E-state index contributed by atoms with van der Waals surface area (Å²) >= 11 is 6.07. The molecule has 1 aliphatic heterocycles. The van der Waals surface area contributed by atoms with Gasteiger partial charge in [0.1, 0.15) is 6.33 Å². The second-order valence-electron chi connectivity index (χ2n) is 5.80. The summed E-state index contributed by atoms with van der Waals surface area (Å²) in [5.41, 5.74) is 2.32. The number of hydrogen-bond acceptors (Lipinski definition) is 5. The molecule has 2 aromatic heterocycles. The van der Waals surface area contributed by atoms with Gasteiger partial charge in [0.15, 0.2) is 0 Å². The van der Waals surface area contributed by atoms with Crippen LogP contribution in [-0.4, -0.2) is 51.2 Å². The first-order valence-electron chi connectivity index (χ1n) is 7.31. The average molecular weight is 318 g/mol. The molecule has 3 aromatic rings. The van der Waals surface area contributed by atoms with Crippen LogP contribution in [0.5, 0.6) is 5.88 Å². The first-order valence-corrected chi connectivity index (χ1v) is 7.69. The zero-order valence-corrected chi connectivity index (χ0v) is 13.0. The third kappa shape index (κ3) is 2.38. The lowest BCUT2D eigenvalue weighted by Crippen LogP contribution is -2.18. The van der Waals surface area contributed by atoms with E-state index in [1.54, 1.807) is 6.33 Å². The van der Waals surface area contributed by atoms with Crippen LogP contribution in [0.3, 0.4) is 0 Å². The van der Waals surface area contributed by atoms with Gasteiger partial charge >= 0.3 is 0 Å². The van der Waals surface area contributed by atoms with E-state index in [2.05, 4.69) is 27.1 Å². The molecule has 0 amide bonds. The molecule has 0 N–H and O–H groups in total. The number of hydrogen-bond donors (Lipinski definition) is 0. The summed E-state index contributed by atoms with van der Waals surface area (Å²) in [6.07, 6.45) is 2.81. The topological polar surface area (TPSA) is 55.5 Å². The highest BCUT2D eigenvalue weighted by Gasteiger charge is 2.21. The molecule has 0 unspecified atom stereocenters. The molecule has 114 valence electrons. The molecule has 0 saturated carbocycles. The van der Waals surface area contributed by atoms with E-state index in [1.807, 2.05) is 22.6 Å². The summed E-state index contributed by atoms with van der Waals surface area (Å²) in [4.78, 5) is 6.89. The Kier molecular flexibility index (Phi) is 3.35. The first-order chi connectivity index (χ1) is 10.7. The predicted octanol–water partition coefficient (Wildman–Crippen LogP) is 2.26. The van der Waals surface area contributed by atoms with E-state index in [-0.39, 0.29) is 0 Å². The first kappa shape index (κ1) is 13.7. The van der Waals surface area contributed by atoms with Gasteiger partial charge in [0.05, 0.1) is 17.6 Å². The van der Waals surface area contributed by atoms with Crippen molar-refractivity contribution in [1.29, 1.82) is 0 Å². The van der Waals surface area contributed by atoms with E-state index in [4.69, 9.17) is 16.3 Å². The maximum Gasteiger partial charge on any atom is 0.260 e. The van der Waals surface area contributed by atoms with Crippen molar-refractivity contribution in [1.82, 2.24) is 24.5 Å². The van der Waals surface area contributed by atoms with Gasteiger partial charge in [-0.25, -0.2) is 4.98 Å². The summed E-state index contributed by atoms with van der Waals surface area (Å²) in [6.45, 7) is 2.84. The number of fused-ring (bicyclic) bond motifs is 3. The molecule has 4 rings (SSSR count).